The first kappa shape index (κ1) is 16.5. The number of esters is 1. The number of rotatable bonds is 5. The Hall–Kier alpha value is -0.860. The van der Waals surface area contributed by atoms with Crippen molar-refractivity contribution in [3.05, 3.63) is 22.6 Å². The molecule has 2 unspecified atom stereocenters. The molecule has 1 fully saturated rings. The molecule has 2 rings (SSSR count). The van der Waals surface area contributed by atoms with Gasteiger partial charge in [-0.3, -0.25) is 4.79 Å². The number of sulfonamides is 1. The van der Waals surface area contributed by atoms with Gasteiger partial charge in [0.15, 0.2) is 4.67 Å². The second kappa shape index (κ2) is 6.50. The van der Waals surface area contributed by atoms with Crippen LogP contribution in [0.4, 0.5) is 0 Å². The predicted molar refractivity (Wildman–Crippen MR) is 79.9 cm³/mol. The van der Waals surface area contributed by atoms with Gasteiger partial charge >= 0.3 is 5.97 Å². The largest absolute Gasteiger partial charge is 0.469 e. The molecule has 1 saturated carbocycles. The Labute approximate surface area is 132 Å². The highest BCUT2D eigenvalue weighted by atomic mass is 79.9. The van der Waals surface area contributed by atoms with Gasteiger partial charge in [-0.25, -0.2) is 8.42 Å². The monoisotopic (exact) mass is 379 g/mol. The highest BCUT2D eigenvalue weighted by Gasteiger charge is 2.44. The van der Waals surface area contributed by atoms with E-state index in [9.17, 15) is 13.2 Å². The van der Waals surface area contributed by atoms with Crippen LogP contribution in [0.5, 0.6) is 0 Å². The summed E-state index contributed by atoms with van der Waals surface area (Å²) in [7, 11) is -0.790. The standard InChI is InChI=1S/C13H18BrNO5S/c1-15(8-9-6-7-12(14)20-9)21(17,18)11-5-3-4-10(11)13(16)19-2/h6-7,10-11H,3-5,8H2,1-2H3. The van der Waals surface area contributed by atoms with Crippen LogP contribution in [-0.2, 0) is 26.1 Å². The van der Waals surface area contributed by atoms with Gasteiger partial charge in [-0.15, -0.1) is 0 Å². The number of carbonyl (C=O) groups is 1. The van der Waals surface area contributed by atoms with Crippen molar-refractivity contribution in [1.29, 1.82) is 0 Å². The molecule has 118 valence electrons. The smallest absolute Gasteiger partial charge is 0.310 e. The highest BCUT2D eigenvalue weighted by molar-refractivity contribution is 9.10. The van der Waals surface area contributed by atoms with Crippen LogP contribution >= 0.6 is 15.9 Å². The van der Waals surface area contributed by atoms with Gasteiger partial charge in [0.1, 0.15) is 5.76 Å². The zero-order chi connectivity index (χ0) is 15.6. The van der Waals surface area contributed by atoms with E-state index in [0.29, 0.717) is 29.7 Å². The number of methoxy groups -OCH3 is 1. The van der Waals surface area contributed by atoms with Gasteiger partial charge in [0.25, 0.3) is 0 Å². The number of hydrogen-bond donors (Lipinski definition) is 0. The number of ether oxygens (including phenoxy) is 1. The Morgan fingerprint density at radius 1 is 1.48 bits per heavy atom. The maximum Gasteiger partial charge on any atom is 0.310 e. The molecule has 1 aromatic heterocycles. The summed E-state index contributed by atoms with van der Waals surface area (Å²) in [5.74, 6) is -0.485. The summed E-state index contributed by atoms with van der Waals surface area (Å²) in [6, 6.07) is 3.42. The van der Waals surface area contributed by atoms with E-state index in [1.807, 2.05) is 0 Å². The summed E-state index contributed by atoms with van der Waals surface area (Å²) in [6.07, 6.45) is 1.74. The van der Waals surface area contributed by atoms with E-state index >= 15 is 0 Å². The molecule has 8 heteroatoms. The van der Waals surface area contributed by atoms with Crippen LogP contribution < -0.4 is 0 Å². The van der Waals surface area contributed by atoms with E-state index in [2.05, 4.69) is 15.9 Å². The molecule has 0 bridgehead atoms. The number of carbonyl (C=O) groups excluding carboxylic acids is 1. The van der Waals surface area contributed by atoms with Gasteiger partial charge < -0.3 is 9.15 Å². The minimum atomic E-state index is -3.57. The van der Waals surface area contributed by atoms with Crippen LogP contribution in [-0.4, -0.2) is 38.1 Å². The molecular weight excluding hydrogens is 362 g/mol. The lowest BCUT2D eigenvalue weighted by molar-refractivity contribution is -0.145. The third-order valence-electron chi connectivity index (χ3n) is 3.78. The number of furan rings is 1. The van der Waals surface area contributed by atoms with Crippen molar-refractivity contribution in [2.24, 2.45) is 5.92 Å². The summed E-state index contributed by atoms with van der Waals surface area (Å²) >= 11 is 3.18. The number of nitrogens with zero attached hydrogens (tertiary/aromatic N) is 1. The van der Waals surface area contributed by atoms with Crippen molar-refractivity contribution in [3.63, 3.8) is 0 Å². The molecule has 0 aliphatic heterocycles. The van der Waals surface area contributed by atoms with E-state index in [1.165, 1.54) is 18.5 Å². The van der Waals surface area contributed by atoms with Crippen LogP contribution in [0, 0.1) is 5.92 Å². The van der Waals surface area contributed by atoms with Crippen LogP contribution in [0.25, 0.3) is 0 Å². The fourth-order valence-corrected chi connectivity index (χ4v) is 4.92. The predicted octanol–water partition coefficient (Wildman–Crippen LogP) is 2.15. The van der Waals surface area contributed by atoms with E-state index < -0.39 is 27.2 Å². The van der Waals surface area contributed by atoms with E-state index in [1.54, 1.807) is 12.1 Å². The molecule has 0 spiro atoms. The van der Waals surface area contributed by atoms with E-state index in [0.717, 1.165) is 0 Å². The average molecular weight is 380 g/mol. The molecular formula is C13H18BrNO5S. The number of hydrogen-bond acceptors (Lipinski definition) is 5. The van der Waals surface area contributed by atoms with Gasteiger partial charge in [0.2, 0.25) is 10.0 Å². The quantitative estimate of drug-likeness (QED) is 0.732. The molecule has 1 heterocycles. The van der Waals surface area contributed by atoms with Crippen molar-refractivity contribution < 1.29 is 22.4 Å². The first-order chi connectivity index (χ1) is 9.86. The van der Waals surface area contributed by atoms with Gasteiger partial charge in [0, 0.05) is 7.05 Å². The molecule has 0 amide bonds. The van der Waals surface area contributed by atoms with Crippen LogP contribution in [0.15, 0.2) is 21.2 Å². The summed E-state index contributed by atoms with van der Waals surface area (Å²) in [5.41, 5.74) is 0. The number of halogens is 1. The van der Waals surface area contributed by atoms with Crippen LogP contribution in [0.3, 0.4) is 0 Å². The second-order valence-electron chi connectivity index (χ2n) is 5.11. The maximum absolute atomic E-state index is 12.6. The van der Waals surface area contributed by atoms with Crippen molar-refractivity contribution in [3.8, 4) is 0 Å². The molecule has 0 N–H and O–H groups in total. The SMILES string of the molecule is COC(=O)C1CCCC1S(=O)(=O)N(C)Cc1ccc(Br)o1. The van der Waals surface area contributed by atoms with Crippen molar-refractivity contribution in [2.75, 3.05) is 14.2 Å². The van der Waals surface area contributed by atoms with Crippen LogP contribution in [0.2, 0.25) is 0 Å². The second-order valence-corrected chi connectivity index (χ2v) is 8.15. The van der Waals surface area contributed by atoms with Gasteiger partial charge in [-0.05, 0) is 40.9 Å². The first-order valence-corrected chi connectivity index (χ1v) is 8.93. The Balaban J connectivity index is 2.14. The summed E-state index contributed by atoms with van der Waals surface area (Å²) < 4.78 is 37.1. The third-order valence-corrected chi connectivity index (χ3v) is 6.53. The van der Waals surface area contributed by atoms with Crippen molar-refractivity contribution in [2.45, 2.75) is 31.1 Å². The van der Waals surface area contributed by atoms with Gasteiger partial charge in [-0.1, -0.05) is 6.42 Å². The normalized spacial score (nSPS) is 22.7. The zero-order valence-electron chi connectivity index (χ0n) is 11.9. The van der Waals surface area contributed by atoms with E-state index in [4.69, 9.17) is 9.15 Å². The maximum atomic E-state index is 12.6. The fourth-order valence-electron chi connectivity index (χ4n) is 2.68. The Morgan fingerprint density at radius 3 is 2.76 bits per heavy atom. The molecule has 1 aromatic rings. The Morgan fingerprint density at radius 2 is 2.19 bits per heavy atom. The topological polar surface area (TPSA) is 76.8 Å². The molecule has 1 aliphatic carbocycles. The van der Waals surface area contributed by atoms with Gasteiger partial charge in [-0.2, -0.15) is 4.31 Å². The lowest BCUT2D eigenvalue weighted by Crippen LogP contribution is -2.40. The average Bonchev–Trinajstić information content (AvgIpc) is 3.07. The molecule has 21 heavy (non-hydrogen) atoms. The summed E-state index contributed by atoms with van der Waals surface area (Å²) in [6.45, 7) is 0.137. The first-order valence-electron chi connectivity index (χ1n) is 6.63. The molecule has 0 radical (unpaired) electrons. The van der Waals surface area contributed by atoms with Gasteiger partial charge in [0.05, 0.1) is 24.8 Å². The lowest BCUT2D eigenvalue weighted by Gasteiger charge is -2.24. The van der Waals surface area contributed by atoms with Crippen LogP contribution in [0.1, 0.15) is 25.0 Å². The van der Waals surface area contributed by atoms with Crippen molar-refractivity contribution >= 4 is 31.9 Å². The molecule has 1 aliphatic rings. The molecule has 2 atom stereocenters. The Kier molecular flexibility index (Phi) is 5.11. The lowest BCUT2D eigenvalue weighted by atomic mass is 10.1. The highest BCUT2D eigenvalue weighted by Crippen LogP contribution is 2.34. The molecule has 6 nitrogen and oxygen atoms in total. The minimum absolute atomic E-state index is 0.137. The summed E-state index contributed by atoms with van der Waals surface area (Å²) in [5, 5.41) is -0.714. The minimum Gasteiger partial charge on any atom is -0.469 e. The Bertz CT molecular complexity index is 612. The molecule has 0 aromatic carbocycles. The third kappa shape index (κ3) is 3.49. The summed E-state index contributed by atoms with van der Waals surface area (Å²) in [4.78, 5) is 11.7. The molecule has 0 saturated heterocycles. The van der Waals surface area contributed by atoms with E-state index in [-0.39, 0.29) is 6.54 Å². The zero-order valence-corrected chi connectivity index (χ0v) is 14.3. The van der Waals surface area contributed by atoms with Crippen molar-refractivity contribution in [1.82, 2.24) is 4.31 Å². The fraction of sp³-hybridized carbons (Fsp3) is 0.615.